The predicted molar refractivity (Wildman–Crippen MR) is 55.4 cm³/mol. The first-order chi connectivity index (χ1) is 7.22. The number of benzene rings is 1. The average molecular weight is 207 g/mol. The van der Waals surface area contributed by atoms with Crippen LogP contribution in [0.15, 0.2) is 24.3 Å². The molecule has 2 N–H and O–H groups in total. The molecule has 0 aromatic heterocycles. The van der Waals surface area contributed by atoms with Gasteiger partial charge in [0.1, 0.15) is 6.29 Å². The summed E-state index contributed by atoms with van der Waals surface area (Å²) in [7, 11) is 0. The molecular formula is C11H13NO3. The van der Waals surface area contributed by atoms with E-state index in [0.29, 0.717) is 12.8 Å². The monoisotopic (exact) mass is 207 g/mol. The smallest absolute Gasteiger partial charge is 0.404 e. The molecule has 0 atom stereocenters. The van der Waals surface area contributed by atoms with Gasteiger partial charge in [-0.15, -0.1) is 0 Å². The number of rotatable bonds is 5. The molecule has 1 aromatic carbocycles. The van der Waals surface area contributed by atoms with Crippen LogP contribution in [0, 0.1) is 0 Å². The van der Waals surface area contributed by atoms with Gasteiger partial charge in [-0.2, -0.15) is 0 Å². The van der Waals surface area contributed by atoms with E-state index in [0.717, 1.165) is 17.4 Å². The lowest BCUT2D eigenvalue weighted by molar-refractivity contribution is -0.107. The lowest BCUT2D eigenvalue weighted by Crippen LogP contribution is -2.14. The molecule has 0 aliphatic heterocycles. The highest BCUT2D eigenvalue weighted by Crippen LogP contribution is 2.05. The Labute approximate surface area is 88.0 Å². The van der Waals surface area contributed by atoms with Crippen LogP contribution in [-0.4, -0.2) is 19.0 Å². The fraction of sp³-hybridized carbons (Fsp3) is 0.273. The van der Waals surface area contributed by atoms with E-state index in [2.05, 4.69) is 4.74 Å². The number of primary amides is 1. The first kappa shape index (κ1) is 11.2. The van der Waals surface area contributed by atoms with E-state index in [9.17, 15) is 9.59 Å². The third-order valence-corrected chi connectivity index (χ3v) is 1.98. The molecule has 0 aliphatic carbocycles. The number of nitrogens with two attached hydrogens (primary N) is 1. The number of aldehydes is 1. The van der Waals surface area contributed by atoms with Gasteiger partial charge in [0.05, 0.1) is 6.61 Å². The second-order valence-electron chi connectivity index (χ2n) is 3.10. The van der Waals surface area contributed by atoms with Gasteiger partial charge in [0, 0.05) is 12.8 Å². The second kappa shape index (κ2) is 5.80. The van der Waals surface area contributed by atoms with E-state index >= 15 is 0 Å². The topological polar surface area (TPSA) is 69.4 Å². The maximum absolute atomic E-state index is 10.3. The minimum absolute atomic E-state index is 0.280. The van der Waals surface area contributed by atoms with E-state index < -0.39 is 6.09 Å². The minimum atomic E-state index is -0.757. The van der Waals surface area contributed by atoms with Gasteiger partial charge in [0.25, 0.3) is 0 Å². The number of hydrogen-bond donors (Lipinski definition) is 1. The highest BCUT2D eigenvalue weighted by molar-refractivity contribution is 5.64. The Bertz CT molecular complexity index is 332. The van der Waals surface area contributed by atoms with Crippen molar-refractivity contribution < 1.29 is 14.3 Å². The van der Waals surface area contributed by atoms with Crippen molar-refractivity contribution in [3.8, 4) is 0 Å². The number of hydrogen-bond acceptors (Lipinski definition) is 3. The molecule has 0 bridgehead atoms. The zero-order chi connectivity index (χ0) is 11.1. The van der Waals surface area contributed by atoms with Gasteiger partial charge < -0.3 is 15.3 Å². The SMILES string of the molecule is NC(=O)OCCc1ccc(CC=O)cc1. The molecule has 0 radical (unpaired) electrons. The lowest BCUT2D eigenvalue weighted by Gasteiger charge is -2.02. The number of ether oxygens (including phenoxy) is 1. The molecule has 4 heteroatoms. The van der Waals surface area contributed by atoms with Crippen LogP contribution in [0.3, 0.4) is 0 Å². The maximum Gasteiger partial charge on any atom is 0.404 e. The van der Waals surface area contributed by atoms with Crippen LogP contribution in [0.2, 0.25) is 0 Å². The normalized spacial score (nSPS) is 9.60. The van der Waals surface area contributed by atoms with Crippen molar-refractivity contribution in [1.29, 1.82) is 0 Å². The third kappa shape index (κ3) is 4.26. The third-order valence-electron chi connectivity index (χ3n) is 1.98. The molecular weight excluding hydrogens is 194 g/mol. The Morgan fingerprint density at radius 2 is 1.87 bits per heavy atom. The Morgan fingerprint density at radius 1 is 1.27 bits per heavy atom. The summed E-state index contributed by atoms with van der Waals surface area (Å²) in [6, 6.07) is 7.58. The quantitative estimate of drug-likeness (QED) is 0.734. The molecule has 0 saturated carbocycles. The summed E-state index contributed by atoms with van der Waals surface area (Å²) in [5.41, 5.74) is 6.84. The van der Waals surface area contributed by atoms with E-state index in [-0.39, 0.29) is 6.61 Å². The summed E-state index contributed by atoms with van der Waals surface area (Å²) in [5, 5.41) is 0. The molecule has 0 saturated heterocycles. The van der Waals surface area contributed by atoms with Gasteiger partial charge in [0.2, 0.25) is 0 Å². The highest BCUT2D eigenvalue weighted by atomic mass is 16.5. The van der Waals surface area contributed by atoms with Gasteiger partial charge in [-0.25, -0.2) is 4.79 Å². The van der Waals surface area contributed by atoms with Crippen molar-refractivity contribution in [3.05, 3.63) is 35.4 Å². The molecule has 0 unspecified atom stereocenters. The lowest BCUT2D eigenvalue weighted by atomic mass is 10.1. The molecule has 1 aromatic rings. The van der Waals surface area contributed by atoms with Gasteiger partial charge in [-0.05, 0) is 11.1 Å². The fourth-order valence-electron chi connectivity index (χ4n) is 1.21. The molecule has 0 spiro atoms. The Morgan fingerprint density at radius 3 is 2.40 bits per heavy atom. The van der Waals surface area contributed by atoms with Crippen molar-refractivity contribution in [1.82, 2.24) is 0 Å². The largest absolute Gasteiger partial charge is 0.449 e. The summed E-state index contributed by atoms with van der Waals surface area (Å²) < 4.78 is 4.61. The van der Waals surface area contributed by atoms with Crippen molar-refractivity contribution in [2.45, 2.75) is 12.8 Å². The Balaban J connectivity index is 2.42. The minimum Gasteiger partial charge on any atom is -0.449 e. The van der Waals surface area contributed by atoms with Gasteiger partial charge >= 0.3 is 6.09 Å². The highest BCUT2D eigenvalue weighted by Gasteiger charge is 1.97. The van der Waals surface area contributed by atoms with E-state index in [1.807, 2.05) is 24.3 Å². The van der Waals surface area contributed by atoms with Crippen LogP contribution in [-0.2, 0) is 22.4 Å². The second-order valence-corrected chi connectivity index (χ2v) is 3.10. The molecule has 80 valence electrons. The van der Waals surface area contributed by atoms with Crippen molar-refractivity contribution in [3.63, 3.8) is 0 Å². The summed E-state index contributed by atoms with van der Waals surface area (Å²) in [5.74, 6) is 0. The number of carbonyl (C=O) groups is 2. The van der Waals surface area contributed by atoms with E-state index in [4.69, 9.17) is 5.73 Å². The zero-order valence-electron chi connectivity index (χ0n) is 8.31. The predicted octanol–water partition coefficient (Wildman–Crippen LogP) is 1.07. The van der Waals surface area contributed by atoms with Gasteiger partial charge in [0.15, 0.2) is 0 Å². The molecule has 1 amide bonds. The van der Waals surface area contributed by atoms with Crippen LogP contribution in [0.25, 0.3) is 0 Å². The van der Waals surface area contributed by atoms with Crippen LogP contribution >= 0.6 is 0 Å². The first-order valence-electron chi connectivity index (χ1n) is 4.66. The standard InChI is InChI=1S/C11H13NO3/c12-11(14)15-8-6-10-3-1-9(2-4-10)5-7-13/h1-4,7H,5-6,8H2,(H2,12,14). The molecule has 0 aliphatic rings. The molecule has 0 fully saturated rings. The fourth-order valence-corrected chi connectivity index (χ4v) is 1.21. The number of amides is 1. The number of carbonyl (C=O) groups excluding carboxylic acids is 2. The first-order valence-corrected chi connectivity index (χ1v) is 4.66. The van der Waals surface area contributed by atoms with Crippen molar-refractivity contribution in [2.75, 3.05) is 6.61 Å². The van der Waals surface area contributed by atoms with Gasteiger partial charge in [-0.3, -0.25) is 0 Å². The molecule has 0 heterocycles. The summed E-state index contributed by atoms with van der Waals surface area (Å²) in [6.45, 7) is 0.280. The zero-order valence-corrected chi connectivity index (χ0v) is 8.31. The summed E-state index contributed by atoms with van der Waals surface area (Å²) in [6.07, 6.45) is 1.17. The maximum atomic E-state index is 10.3. The molecule has 15 heavy (non-hydrogen) atoms. The summed E-state index contributed by atoms with van der Waals surface area (Å²) in [4.78, 5) is 20.5. The van der Waals surface area contributed by atoms with E-state index in [1.54, 1.807) is 0 Å². The van der Waals surface area contributed by atoms with Crippen LogP contribution in [0.5, 0.6) is 0 Å². The van der Waals surface area contributed by atoms with Crippen molar-refractivity contribution in [2.24, 2.45) is 5.73 Å². The van der Waals surface area contributed by atoms with Crippen molar-refractivity contribution >= 4 is 12.4 Å². The van der Waals surface area contributed by atoms with Crippen LogP contribution in [0.4, 0.5) is 4.79 Å². The van der Waals surface area contributed by atoms with Gasteiger partial charge in [-0.1, -0.05) is 24.3 Å². The summed E-state index contributed by atoms with van der Waals surface area (Å²) >= 11 is 0. The Kier molecular flexibility index (Phi) is 4.34. The average Bonchev–Trinajstić information content (AvgIpc) is 2.20. The van der Waals surface area contributed by atoms with Crippen LogP contribution in [0.1, 0.15) is 11.1 Å². The molecule has 1 rings (SSSR count). The van der Waals surface area contributed by atoms with Crippen LogP contribution < -0.4 is 5.73 Å². The molecule has 4 nitrogen and oxygen atoms in total. The van der Waals surface area contributed by atoms with E-state index in [1.165, 1.54) is 0 Å². The Hall–Kier alpha value is -1.84.